The van der Waals surface area contributed by atoms with Crippen LogP contribution < -0.4 is 10.5 Å². The molecule has 0 aromatic carbocycles. The molecule has 2 heterocycles. The molecule has 2 aromatic heterocycles. The molecule has 2 rings (SSSR count). The quantitative estimate of drug-likeness (QED) is 0.789. The first-order chi connectivity index (χ1) is 9.85. The number of nitrogens with zero attached hydrogens (tertiary/aromatic N) is 3. The largest absolute Gasteiger partial charge is 0.361 e. The summed E-state index contributed by atoms with van der Waals surface area (Å²) in [7, 11) is -3.66. The number of hydrogen-bond acceptors (Lipinski definition) is 6. The van der Waals surface area contributed by atoms with Crippen LogP contribution in [0.1, 0.15) is 22.8 Å². The minimum Gasteiger partial charge on any atom is -0.361 e. The van der Waals surface area contributed by atoms with Gasteiger partial charge in [-0.3, -0.25) is 4.68 Å². The highest BCUT2D eigenvalue weighted by Gasteiger charge is 2.24. The van der Waals surface area contributed by atoms with Gasteiger partial charge in [-0.1, -0.05) is 5.16 Å². The second-order valence-electron chi connectivity index (χ2n) is 4.77. The summed E-state index contributed by atoms with van der Waals surface area (Å²) in [6, 6.07) is 1.68. The molecular formula is C12H19N5O3S. The van der Waals surface area contributed by atoms with Crippen LogP contribution in [0.2, 0.25) is 0 Å². The standard InChI is InChI=1S/C12H19N5O3S/c1-8-6-11(16-20-8)7-14-21(18,19)12-9(2)15-17(5-4-13)10(12)3/h6,14H,4-5,7,13H2,1-3H3. The van der Waals surface area contributed by atoms with E-state index in [0.29, 0.717) is 35.9 Å². The van der Waals surface area contributed by atoms with Crippen LogP contribution in [0.15, 0.2) is 15.5 Å². The molecule has 9 heteroatoms. The Labute approximate surface area is 123 Å². The summed E-state index contributed by atoms with van der Waals surface area (Å²) in [6.45, 7) is 6.06. The summed E-state index contributed by atoms with van der Waals surface area (Å²) in [4.78, 5) is 0.191. The summed E-state index contributed by atoms with van der Waals surface area (Å²) in [6.07, 6.45) is 0. The smallest absolute Gasteiger partial charge is 0.244 e. The zero-order valence-electron chi connectivity index (χ0n) is 12.3. The SMILES string of the molecule is Cc1cc(CNS(=O)(=O)c2c(C)nn(CCN)c2C)no1. The molecule has 0 aliphatic heterocycles. The van der Waals surface area contributed by atoms with Gasteiger partial charge >= 0.3 is 0 Å². The lowest BCUT2D eigenvalue weighted by Gasteiger charge is -2.06. The van der Waals surface area contributed by atoms with Gasteiger partial charge in [0.15, 0.2) is 0 Å². The molecule has 0 amide bonds. The molecule has 0 atom stereocenters. The van der Waals surface area contributed by atoms with Crippen LogP contribution in [-0.4, -0.2) is 29.9 Å². The van der Waals surface area contributed by atoms with Crippen molar-refractivity contribution in [2.45, 2.75) is 38.8 Å². The van der Waals surface area contributed by atoms with E-state index in [2.05, 4.69) is 15.0 Å². The van der Waals surface area contributed by atoms with E-state index < -0.39 is 10.0 Å². The van der Waals surface area contributed by atoms with Crippen molar-refractivity contribution in [3.05, 3.63) is 28.9 Å². The third-order valence-corrected chi connectivity index (χ3v) is 4.70. The van der Waals surface area contributed by atoms with E-state index in [9.17, 15) is 8.42 Å². The first kappa shape index (κ1) is 15.7. The molecule has 21 heavy (non-hydrogen) atoms. The molecule has 116 valence electrons. The molecule has 0 radical (unpaired) electrons. The Morgan fingerprint density at radius 2 is 2.10 bits per heavy atom. The zero-order valence-corrected chi connectivity index (χ0v) is 13.1. The van der Waals surface area contributed by atoms with Crippen molar-refractivity contribution in [3.8, 4) is 0 Å². The number of aromatic nitrogens is 3. The Morgan fingerprint density at radius 1 is 1.38 bits per heavy atom. The minimum absolute atomic E-state index is 0.0701. The van der Waals surface area contributed by atoms with Gasteiger partial charge in [-0.05, 0) is 20.8 Å². The lowest BCUT2D eigenvalue weighted by molar-refractivity contribution is 0.390. The van der Waals surface area contributed by atoms with Crippen molar-refractivity contribution in [3.63, 3.8) is 0 Å². The Balaban J connectivity index is 2.23. The highest BCUT2D eigenvalue weighted by molar-refractivity contribution is 7.89. The van der Waals surface area contributed by atoms with Gasteiger partial charge < -0.3 is 10.3 Å². The van der Waals surface area contributed by atoms with Gasteiger partial charge in [-0.25, -0.2) is 13.1 Å². The number of rotatable bonds is 6. The van der Waals surface area contributed by atoms with Crippen molar-refractivity contribution in [2.24, 2.45) is 5.73 Å². The molecule has 0 aliphatic carbocycles. The average molecular weight is 313 g/mol. The first-order valence-electron chi connectivity index (χ1n) is 6.51. The highest BCUT2D eigenvalue weighted by atomic mass is 32.2. The van der Waals surface area contributed by atoms with Crippen LogP contribution >= 0.6 is 0 Å². The second kappa shape index (κ2) is 5.96. The highest BCUT2D eigenvalue weighted by Crippen LogP contribution is 2.19. The number of aryl methyl sites for hydroxylation is 2. The normalized spacial score (nSPS) is 12.0. The fourth-order valence-corrected chi connectivity index (χ4v) is 3.56. The lowest BCUT2D eigenvalue weighted by Crippen LogP contribution is -2.24. The van der Waals surface area contributed by atoms with Crippen molar-refractivity contribution >= 4 is 10.0 Å². The van der Waals surface area contributed by atoms with Gasteiger partial charge in [0.25, 0.3) is 0 Å². The lowest BCUT2D eigenvalue weighted by atomic mass is 10.4. The Bertz CT molecular complexity index is 732. The van der Waals surface area contributed by atoms with Crippen LogP contribution in [-0.2, 0) is 23.1 Å². The number of sulfonamides is 1. The van der Waals surface area contributed by atoms with E-state index in [-0.39, 0.29) is 11.4 Å². The molecule has 8 nitrogen and oxygen atoms in total. The molecule has 0 spiro atoms. The van der Waals surface area contributed by atoms with Crippen molar-refractivity contribution in [2.75, 3.05) is 6.54 Å². The summed E-state index contributed by atoms with van der Waals surface area (Å²) < 4.78 is 33.8. The summed E-state index contributed by atoms with van der Waals surface area (Å²) >= 11 is 0. The topological polar surface area (TPSA) is 116 Å². The zero-order chi connectivity index (χ0) is 15.6. The predicted octanol–water partition coefficient (Wildman–Crippen LogP) is 0.234. The van der Waals surface area contributed by atoms with Gasteiger partial charge in [-0.2, -0.15) is 5.10 Å². The molecule has 0 saturated heterocycles. The summed E-state index contributed by atoms with van der Waals surface area (Å²) in [5.41, 5.74) is 7.04. The van der Waals surface area contributed by atoms with Gasteiger partial charge in [-0.15, -0.1) is 0 Å². The van der Waals surface area contributed by atoms with Gasteiger partial charge in [0.1, 0.15) is 10.7 Å². The van der Waals surface area contributed by atoms with Crippen molar-refractivity contribution in [1.82, 2.24) is 19.7 Å². The van der Waals surface area contributed by atoms with Gasteiger partial charge in [0.2, 0.25) is 10.0 Å². The number of hydrogen-bond donors (Lipinski definition) is 2. The molecule has 0 fully saturated rings. The predicted molar refractivity (Wildman–Crippen MR) is 76.0 cm³/mol. The van der Waals surface area contributed by atoms with E-state index >= 15 is 0 Å². The van der Waals surface area contributed by atoms with Crippen LogP contribution in [0, 0.1) is 20.8 Å². The second-order valence-corrected chi connectivity index (χ2v) is 6.47. The molecule has 0 aliphatic rings. The van der Waals surface area contributed by atoms with E-state index in [1.807, 2.05) is 0 Å². The fourth-order valence-electron chi connectivity index (χ4n) is 2.15. The van der Waals surface area contributed by atoms with E-state index in [4.69, 9.17) is 10.3 Å². The van der Waals surface area contributed by atoms with Crippen LogP contribution in [0.25, 0.3) is 0 Å². The Kier molecular flexibility index (Phi) is 4.45. The Hall–Kier alpha value is -1.71. The van der Waals surface area contributed by atoms with Crippen LogP contribution in [0.5, 0.6) is 0 Å². The maximum atomic E-state index is 12.4. The molecule has 3 N–H and O–H groups in total. The van der Waals surface area contributed by atoms with E-state index in [1.165, 1.54) is 0 Å². The van der Waals surface area contributed by atoms with Gasteiger partial charge in [0.05, 0.1) is 30.2 Å². The van der Waals surface area contributed by atoms with Crippen molar-refractivity contribution < 1.29 is 12.9 Å². The van der Waals surface area contributed by atoms with Gasteiger partial charge in [0, 0.05) is 12.6 Å². The third-order valence-electron chi connectivity index (χ3n) is 3.04. The summed E-state index contributed by atoms with van der Waals surface area (Å²) in [5, 5.41) is 7.96. The average Bonchev–Trinajstić information content (AvgIpc) is 2.93. The monoisotopic (exact) mass is 313 g/mol. The molecule has 0 saturated carbocycles. The maximum Gasteiger partial charge on any atom is 0.244 e. The summed E-state index contributed by atoms with van der Waals surface area (Å²) in [5.74, 6) is 0.632. The maximum absolute atomic E-state index is 12.4. The molecule has 2 aromatic rings. The molecule has 0 bridgehead atoms. The minimum atomic E-state index is -3.66. The first-order valence-corrected chi connectivity index (χ1v) is 7.99. The van der Waals surface area contributed by atoms with E-state index in [0.717, 1.165) is 0 Å². The van der Waals surface area contributed by atoms with Crippen molar-refractivity contribution in [1.29, 1.82) is 0 Å². The molecular weight excluding hydrogens is 294 g/mol. The van der Waals surface area contributed by atoms with Crippen LogP contribution in [0.4, 0.5) is 0 Å². The molecule has 0 unspecified atom stereocenters. The third kappa shape index (κ3) is 3.31. The fraction of sp³-hybridized carbons (Fsp3) is 0.500. The Morgan fingerprint density at radius 3 is 2.67 bits per heavy atom. The van der Waals surface area contributed by atoms with Crippen LogP contribution in [0.3, 0.4) is 0 Å². The van der Waals surface area contributed by atoms with E-state index in [1.54, 1.807) is 31.5 Å². The number of nitrogens with one attached hydrogen (secondary N) is 1. The number of nitrogens with two attached hydrogens (primary N) is 1.